The minimum atomic E-state index is -0.122. The number of hydrogen-bond acceptors (Lipinski definition) is 3. The fraction of sp³-hybridized carbons (Fsp3) is 0.167. The van der Waals surface area contributed by atoms with Gasteiger partial charge in [0, 0.05) is 19.7 Å². The Morgan fingerprint density at radius 3 is 2.50 bits per heavy atom. The van der Waals surface area contributed by atoms with E-state index in [-0.39, 0.29) is 12.7 Å². The first-order valence-electron chi connectivity index (χ1n) is 6.99. The summed E-state index contributed by atoms with van der Waals surface area (Å²) in [7, 11) is 1.57. The number of carbonyl (C=O) groups excluding carboxylic acids is 1. The Morgan fingerprint density at radius 1 is 1.09 bits per heavy atom. The second-order valence-corrected chi connectivity index (χ2v) is 4.66. The minimum absolute atomic E-state index is 0.122. The lowest BCUT2D eigenvalue weighted by atomic mass is 10.2. The predicted octanol–water partition coefficient (Wildman–Crippen LogP) is 3.00. The van der Waals surface area contributed by atoms with Gasteiger partial charge in [0.15, 0.2) is 6.79 Å². The Balaban J connectivity index is 1.81. The topological polar surface area (TPSA) is 47.6 Å². The maximum atomic E-state index is 11.8. The van der Waals surface area contributed by atoms with Crippen LogP contribution < -0.4 is 10.1 Å². The Labute approximate surface area is 130 Å². The molecular formula is C18H19NO3. The zero-order chi connectivity index (χ0) is 15.6. The highest BCUT2D eigenvalue weighted by molar-refractivity contribution is 5.91. The van der Waals surface area contributed by atoms with E-state index in [1.54, 1.807) is 13.2 Å². The molecule has 0 fully saturated rings. The van der Waals surface area contributed by atoms with Crippen LogP contribution in [0.15, 0.2) is 60.7 Å². The summed E-state index contributed by atoms with van der Waals surface area (Å²) in [5.74, 6) is 0.607. The summed E-state index contributed by atoms with van der Waals surface area (Å²) in [6.45, 7) is 0.741. The number of amides is 1. The van der Waals surface area contributed by atoms with E-state index in [9.17, 15) is 4.79 Å². The molecule has 0 spiro atoms. The summed E-state index contributed by atoms with van der Waals surface area (Å²) < 4.78 is 10.1. The molecule has 2 rings (SSSR count). The van der Waals surface area contributed by atoms with Crippen LogP contribution in [0.2, 0.25) is 0 Å². The van der Waals surface area contributed by atoms with Gasteiger partial charge in [0.1, 0.15) is 5.75 Å². The number of ether oxygens (including phenoxy) is 2. The third-order valence-electron chi connectivity index (χ3n) is 2.96. The third kappa shape index (κ3) is 5.42. The van der Waals surface area contributed by atoms with Gasteiger partial charge in [-0.1, -0.05) is 42.5 Å². The third-order valence-corrected chi connectivity index (χ3v) is 2.96. The van der Waals surface area contributed by atoms with E-state index < -0.39 is 0 Å². The summed E-state index contributed by atoms with van der Waals surface area (Å²) in [6.07, 6.45) is 3.29. The summed E-state index contributed by atoms with van der Waals surface area (Å²) in [5, 5.41) is 2.84. The zero-order valence-electron chi connectivity index (χ0n) is 12.5. The van der Waals surface area contributed by atoms with E-state index in [1.807, 2.05) is 54.6 Å². The van der Waals surface area contributed by atoms with Gasteiger partial charge in [0.25, 0.3) is 0 Å². The van der Waals surface area contributed by atoms with E-state index in [1.165, 1.54) is 6.08 Å². The number of methoxy groups -OCH3 is 1. The summed E-state index contributed by atoms with van der Waals surface area (Å²) in [5.41, 5.74) is 2.00. The molecule has 0 atom stereocenters. The second-order valence-electron chi connectivity index (χ2n) is 4.66. The van der Waals surface area contributed by atoms with Gasteiger partial charge in [-0.3, -0.25) is 4.79 Å². The van der Waals surface area contributed by atoms with Crippen LogP contribution in [-0.4, -0.2) is 19.8 Å². The van der Waals surface area contributed by atoms with Crippen LogP contribution in [0.5, 0.6) is 5.75 Å². The first-order chi connectivity index (χ1) is 10.8. The van der Waals surface area contributed by atoms with Crippen molar-refractivity contribution in [2.75, 3.05) is 13.9 Å². The van der Waals surface area contributed by atoms with Crippen LogP contribution in [0.25, 0.3) is 6.08 Å². The van der Waals surface area contributed by atoms with Gasteiger partial charge in [0.2, 0.25) is 5.91 Å². The molecule has 2 aromatic rings. The molecule has 22 heavy (non-hydrogen) atoms. The fourth-order valence-electron chi connectivity index (χ4n) is 1.82. The van der Waals surface area contributed by atoms with Crippen LogP contribution in [0, 0.1) is 0 Å². The van der Waals surface area contributed by atoms with Gasteiger partial charge < -0.3 is 14.8 Å². The summed E-state index contributed by atoms with van der Waals surface area (Å²) >= 11 is 0. The van der Waals surface area contributed by atoms with Crippen LogP contribution in [-0.2, 0) is 16.1 Å². The van der Waals surface area contributed by atoms with Gasteiger partial charge in [-0.05, 0) is 29.3 Å². The molecule has 0 heterocycles. The quantitative estimate of drug-likeness (QED) is 0.631. The van der Waals surface area contributed by atoms with Crippen molar-refractivity contribution in [1.82, 2.24) is 5.32 Å². The molecule has 0 saturated carbocycles. The Kier molecular flexibility index (Phi) is 6.20. The van der Waals surface area contributed by atoms with Crippen molar-refractivity contribution >= 4 is 12.0 Å². The largest absolute Gasteiger partial charge is 0.468 e. The van der Waals surface area contributed by atoms with Gasteiger partial charge in [0.05, 0.1) is 0 Å². The van der Waals surface area contributed by atoms with Gasteiger partial charge >= 0.3 is 0 Å². The van der Waals surface area contributed by atoms with Crippen molar-refractivity contribution in [3.63, 3.8) is 0 Å². The summed E-state index contributed by atoms with van der Waals surface area (Å²) in [4.78, 5) is 11.8. The van der Waals surface area contributed by atoms with Crippen molar-refractivity contribution in [2.24, 2.45) is 0 Å². The number of nitrogens with one attached hydrogen (secondary N) is 1. The average Bonchev–Trinajstić information content (AvgIpc) is 2.58. The van der Waals surface area contributed by atoms with Crippen LogP contribution in [0.1, 0.15) is 11.1 Å². The highest BCUT2D eigenvalue weighted by atomic mass is 16.7. The van der Waals surface area contributed by atoms with Crippen LogP contribution >= 0.6 is 0 Å². The maximum Gasteiger partial charge on any atom is 0.244 e. The van der Waals surface area contributed by atoms with E-state index >= 15 is 0 Å². The predicted molar refractivity (Wildman–Crippen MR) is 86.3 cm³/mol. The molecule has 0 aromatic heterocycles. The van der Waals surface area contributed by atoms with Gasteiger partial charge in [-0.25, -0.2) is 0 Å². The second kappa shape index (κ2) is 8.64. The smallest absolute Gasteiger partial charge is 0.244 e. The van der Waals surface area contributed by atoms with E-state index in [4.69, 9.17) is 9.47 Å². The van der Waals surface area contributed by atoms with E-state index in [0.29, 0.717) is 6.54 Å². The molecule has 0 saturated heterocycles. The minimum Gasteiger partial charge on any atom is -0.468 e. The first kappa shape index (κ1) is 15.8. The van der Waals surface area contributed by atoms with Crippen molar-refractivity contribution in [1.29, 1.82) is 0 Å². The number of hydrogen-bond donors (Lipinski definition) is 1. The van der Waals surface area contributed by atoms with Crippen molar-refractivity contribution in [3.8, 4) is 5.75 Å². The lowest BCUT2D eigenvalue weighted by Gasteiger charge is -2.04. The molecule has 1 amide bonds. The molecule has 2 aromatic carbocycles. The van der Waals surface area contributed by atoms with Gasteiger partial charge in [-0.2, -0.15) is 0 Å². The average molecular weight is 297 g/mol. The molecule has 4 heteroatoms. The zero-order valence-corrected chi connectivity index (χ0v) is 12.5. The number of rotatable bonds is 7. The molecule has 0 unspecified atom stereocenters. The first-order valence-corrected chi connectivity index (χ1v) is 6.99. The van der Waals surface area contributed by atoms with Gasteiger partial charge in [-0.15, -0.1) is 0 Å². The molecule has 4 nitrogen and oxygen atoms in total. The highest BCUT2D eigenvalue weighted by Crippen LogP contribution is 2.13. The molecule has 1 N–H and O–H groups in total. The standard InChI is InChI=1S/C18H19NO3/c1-21-14-22-17-10-7-15(8-11-17)9-12-18(20)19-13-16-5-3-2-4-6-16/h2-12H,13-14H2,1H3,(H,19,20)/b12-9+. The molecule has 0 bridgehead atoms. The monoisotopic (exact) mass is 297 g/mol. The summed E-state index contributed by atoms with van der Waals surface area (Å²) in [6, 6.07) is 17.2. The Hall–Kier alpha value is -2.59. The number of benzene rings is 2. The molecular weight excluding hydrogens is 278 g/mol. The van der Waals surface area contributed by atoms with Crippen LogP contribution in [0.4, 0.5) is 0 Å². The number of carbonyl (C=O) groups is 1. The Bertz CT molecular complexity index is 606. The van der Waals surface area contributed by atoms with E-state index in [0.717, 1.165) is 16.9 Å². The van der Waals surface area contributed by atoms with Crippen molar-refractivity contribution in [2.45, 2.75) is 6.54 Å². The molecule has 0 aliphatic rings. The molecule has 0 radical (unpaired) electrons. The lowest BCUT2D eigenvalue weighted by molar-refractivity contribution is -0.116. The SMILES string of the molecule is COCOc1ccc(/C=C/C(=O)NCc2ccccc2)cc1. The van der Waals surface area contributed by atoms with E-state index in [2.05, 4.69) is 5.32 Å². The lowest BCUT2D eigenvalue weighted by Crippen LogP contribution is -2.20. The molecule has 114 valence electrons. The maximum absolute atomic E-state index is 11.8. The Morgan fingerprint density at radius 2 is 1.82 bits per heavy atom. The highest BCUT2D eigenvalue weighted by Gasteiger charge is 1.97. The normalized spacial score (nSPS) is 10.6. The van der Waals surface area contributed by atoms with Crippen molar-refractivity contribution < 1.29 is 14.3 Å². The van der Waals surface area contributed by atoms with Crippen LogP contribution in [0.3, 0.4) is 0 Å². The molecule has 0 aliphatic carbocycles. The molecule has 0 aliphatic heterocycles. The fourth-order valence-corrected chi connectivity index (χ4v) is 1.82. The van der Waals surface area contributed by atoms with Crippen molar-refractivity contribution in [3.05, 3.63) is 71.8 Å².